The minimum atomic E-state index is -0.810. The van der Waals surface area contributed by atoms with Crippen molar-refractivity contribution in [1.82, 2.24) is 4.90 Å². The highest BCUT2D eigenvalue weighted by Gasteiger charge is 2.46. The van der Waals surface area contributed by atoms with Gasteiger partial charge in [0.05, 0.1) is 38.8 Å². The Morgan fingerprint density at radius 1 is 1.13 bits per heavy atom. The molecule has 1 atom stereocenters. The number of quaternary nitrogens is 1. The zero-order chi connectivity index (χ0) is 21.4. The molecule has 1 saturated heterocycles. The number of ketones is 1. The van der Waals surface area contributed by atoms with Crippen LogP contribution in [0.4, 0.5) is 4.39 Å². The molecule has 0 bridgehead atoms. The topological polar surface area (TPSA) is 80.5 Å². The maximum absolute atomic E-state index is 13.5. The first kappa shape index (κ1) is 19.9. The number of benzene rings is 2. The second-order valence-corrected chi connectivity index (χ2v) is 7.57. The number of aliphatic hydroxyl groups is 1. The number of hydrogen-bond acceptors (Lipinski definition) is 5. The number of nitrogens with one attached hydrogen (secondary N) is 1. The molecule has 2 aromatic rings. The van der Waals surface area contributed by atoms with Crippen molar-refractivity contribution in [3.8, 4) is 11.5 Å². The molecule has 2 aromatic carbocycles. The number of likely N-dealkylation sites (tertiary alicyclic amines) is 1. The lowest BCUT2D eigenvalue weighted by atomic mass is 9.95. The maximum Gasteiger partial charge on any atom is 0.295 e. The molecule has 7 nitrogen and oxygen atoms in total. The Labute approximate surface area is 172 Å². The molecule has 0 saturated carbocycles. The lowest BCUT2D eigenvalue weighted by Crippen LogP contribution is -3.06. The van der Waals surface area contributed by atoms with E-state index in [1.54, 1.807) is 18.2 Å². The fraction of sp³-hybridized carbons (Fsp3) is 0.273. The molecule has 156 valence electrons. The predicted molar refractivity (Wildman–Crippen MR) is 106 cm³/mol. The molecule has 0 aromatic heterocycles. The van der Waals surface area contributed by atoms with Crippen LogP contribution < -0.4 is 14.4 Å². The van der Waals surface area contributed by atoms with Crippen molar-refractivity contribution in [2.75, 3.05) is 34.0 Å². The predicted octanol–water partition coefficient (Wildman–Crippen LogP) is 1.12. The summed E-state index contributed by atoms with van der Waals surface area (Å²) in [5, 5.41) is 11.0. The molecule has 1 fully saturated rings. The van der Waals surface area contributed by atoms with Crippen molar-refractivity contribution in [3.05, 3.63) is 65.0 Å². The smallest absolute Gasteiger partial charge is 0.295 e. The highest BCUT2D eigenvalue weighted by molar-refractivity contribution is 6.46. The van der Waals surface area contributed by atoms with Gasteiger partial charge in [-0.2, -0.15) is 0 Å². The number of aliphatic hydroxyl groups excluding tert-OH is 1. The number of ether oxygens (including phenoxy) is 2. The third-order valence-corrected chi connectivity index (χ3v) is 5.22. The molecule has 2 aliphatic rings. The molecular weight excluding hydrogens is 391 g/mol. The van der Waals surface area contributed by atoms with Gasteiger partial charge < -0.3 is 24.4 Å². The number of halogens is 1. The normalized spacial score (nSPS) is 19.7. The van der Waals surface area contributed by atoms with Crippen LogP contribution in [-0.4, -0.2) is 55.7 Å². The average Bonchev–Trinajstić information content (AvgIpc) is 3.29. The van der Waals surface area contributed by atoms with Crippen LogP contribution >= 0.6 is 0 Å². The average molecular weight is 413 g/mol. The van der Waals surface area contributed by atoms with Gasteiger partial charge in [0.2, 0.25) is 6.79 Å². The van der Waals surface area contributed by atoms with Crippen LogP contribution in [0.5, 0.6) is 11.5 Å². The van der Waals surface area contributed by atoms with Crippen molar-refractivity contribution in [2.45, 2.75) is 6.04 Å². The van der Waals surface area contributed by atoms with Crippen LogP contribution in [0.3, 0.4) is 0 Å². The van der Waals surface area contributed by atoms with Crippen LogP contribution in [-0.2, 0) is 9.59 Å². The van der Waals surface area contributed by atoms with Crippen molar-refractivity contribution in [2.24, 2.45) is 0 Å². The van der Waals surface area contributed by atoms with Crippen LogP contribution in [0, 0.1) is 5.82 Å². The van der Waals surface area contributed by atoms with Crippen molar-refractivity contribution in [3.63, 3.8) is 0 Å². The minimum Gasteiger partial charge on any atom is -0.507 e. The van der Waals surface area contributed by atoms with Crippen molar-refractivity contribution in [1.29, 1.82) is 0 Å². The molecule has 0 spiro atoms. The first-order valence-corrected chi connectivity index (χ1v) is 9.59. The summed E-state index contributed by atoms with van der Waals surface area (Å²) in [7, 11) is 3.88. The SMILES string of the molecule is C[NH+](C)CCN1C(=O)C(=O)C(=C(O)c2ccc3c(c2)OCO3)[C@@H]1c1ccc(F)cc1. The molecule has 2 aliphatic heterocycles. The summed E-state index contributed by atoms with van der Waals surface area (Å²) in [4.78, 5) is 28.3. The summed E-state index contributed by atoms with van der Waals surface area (Å²) in [6, 6.07) is 9.58. The fourth-order valence-corrected chi connectivity index (χ4v) is 3.65. The Kier molecular flexibility index (Phi) is 5.17. The lowest BCUT2D eigenvalue weighted by Gasteiger charge is -2.25. The number of carbonyl (C=O) groups is 2. The molecule has 2 heterocycles. The van der Waals surface area contributed by atoms with Gasteiger partial charge in [-0.15, -0.1) is 0 Å². The standard InChI is InChI=1S/C22H21FN2O5/c1-24(2)9-10-25-19(13-3-6-15(23)7-4-13)18(21(27)22(25)28)20(26)14-5-8-16-17(11-14)30-12-29-16/h3-8,11,19,26H,9-10,12H2,1-2H3/p+1/t19-/m0/s1. The molecule has 1 amide bonds. The number of nitrogens with zero attached hydrogens (tertiary/aromatic N) is 1. The Morgan fingerprint density at radius 3 is 2.53 bits per heavy atom. The third kappa shape index (κ3) is 3.50. The summed E-state index contributed by atoms with van der Waals surface area (Å²) < 4.78 is 24.1. The number of fused-ring (bicyclic) bond motifs is 1. The van der Waals surface area contributed by atoms with Gasteiger partial charge in [0.25, 0.3) is 11.7 Å². The highest BCUT2D eigenvalue weighted by Crippen LogP contribution is 2.41. The molecule has 0 unspecified atom stereocenters. The molecule has 8 heteroatoms. The van der Waals surface area contributed by atoms with Gasteiger partial charge in [-0.25, -0.2) is 4.39 Å². The molecule has 4 rings (SSSR count). The van der Waals surface area contributed by atoms with Crippen molar-refractivity contribution < 1.29 is 33.5 Å². The van der Waals surface area contributed by atoms with E-state index in [-0.39, 0.29) is 18.1 Å². The van der Waals surface area contributed by atoms with Gasteiger partial charge in [-0.05, 0) is 35.9 Å². The summed E-state index contributed by atoms with van der Waals surface area (Å²) in [5.74, 6) is -1.20. The quantitative estimate of drug-likeness (QED) is 0.436. The van der Waals surface area contributed by atoms with Gasteiger partial charge in [-0.3, -0.25) is 9.59 Å². The number of rotatable bonds is 5. The van der Waals surface area contributed by atoms with Gasteiger partial charge in [0.15, 0.2) is 11.5 Å². The van der Waals surface area contributed by atoms with E-state index in [0.29, 0.717) is 35.7 Å². The van der Waals surface area contributed by atoms with Crippen LogP contribution in [0.15, 0.2) is 48.0 Å². The second-order valence-electron chi connectivity index (χ2n) is 7.57. The molecule has 2 N–H and O–H groups in total. The van der Waals surface area contributed by atoms with Crippen LogP contribution in [0.25, 0.3) is 5.76 Å². The van der Waals surface area contributed by atoms with Gasteiger partial charge in [-0.1, -0.05) is 12.1 Å². The molecule has 0 radical (unpaired) electrons. The van der Waals surface area contributed by atoms with E-state index >= 15 is 0 Å². The van der Waals surface area contributed by atoms with E-state index in [1.165, 1.54) is 29.2 Å². The zero-order valence-electron chi connectivity index (χ0n) is 16.6. The highest BCUT2D eigenvalue weighted by atomic mass is 19.1. The first-order valence-electron chi connectivity index (χ1n) is 9.59. The van der Waals surface area contributed by atoms with Crippen molar-refractivity contribution >= 4 is 17.4 Å². The van der Waals surface area contributed by atoms with Gasteiger partial charge >= 0.3 is 0 Å². The fourth-order valence-electron chi connectivity index (χ4n) is 3.65. The number of amides is 1. The summed E-state index contributed by atoms with van der Waals surface area (Å²) >= 11 is 0. The first-order chi connectivity index (χ1) is 14.4. The maximum atomic E-state index is 13.5. The monoisotopic (exact) mass is 413 g/mol. The Bertz CT molecular complexity index is 1030. The molecule has 30 heavy (non-hydrogen) atoms. The minimum absolute atomic E-state index is 0.0285. The number of Topliss-reactive ketones (excluding diaryl/α,β-unsaturated/α-hetero) is 1. The van der Waals surface area contributed by atoms with E-state index < -0.39 is 23.5 Å². The van der Waals surface area contributed by atoms with E-state index in [9.17, 15) is 19.1 Å². The Morgan fingerprint density at radius 2 is 1.83 bits per heavy atom. The Hall–Kier alpha value is -3.39. The number of carbonyl (C=O) groups excluding carboxylic acids is 2. The van der Waals surface area contributed by atoms with E-state index in [1.807, 2.05) is 14.1 Å². The van der Waals surface area contributed by atoms with E-state index in [2.05, 4.69) is 0 Å². The Balaban J connectivity index is 1.82. The van der Waals surface area contributed by atoms with E-state index in [0.717, 1.165) is 4.90 Å². The lowest BCUT2D eigenvalue weighted by molar-refractivity contribution is -0.857. The van der Waals surface area contributed by atoms with Crippen LogP contribution in [0.2, 0.25) is 0 Å². The van der Waals surface area contributed by atoms with Crippen LogP contribution in [0.1, 0.15) is 17.2 Å². The summed E-state index contributed by atoms with van der Waals surface area (Å²) in [6.07, 6.45) is 0. The summed E-state index contributed by atoms with van der Waals surface area (Å²) in [6.45, 7) is 0.994. The summed E-state index contributed by atoms with van der Waals surface area (Å²) in [5.41, 5.74) is 0.855. The van der Waals surface area contributed by atoms with E-state index in [4.69, 9.17) is 9.47 Å². The molecular formula is C22H22FN2O5+. The van der Waals surface area contributed by atoms with Gasteiger partial charge in [0.1, 0.15) is 11.6 Å². The molecule has 0 aliphatic carbocycles. The third-order valence-electron chi connectivity index (χ3n) is 5.22. The zero-order valence-corrected chi connectivity index (χ0v) is 16.6. The number of hydrogen-bond donors (Lipinski definition) is 2. The second kappa shape index (κ2) is 7.79. The van der Waals surface area contributed by atoms with Gasteiger partial charge in [0, 0.05) is 5.56 Å². The number of likely N-dealkylation sites (N-methyl/N-ethyl adjacent to an activating group) is 1. The largest absolute Gasteiger partial charge is 0.507 e.